The molecule has 1 aromatic rings. The minimum Gasteiger partial charge on any atom is -0.335 e. The lowest BCUT2D eigenvalue weighted by Gasteiger charge is -2.31. The Kier molecular flexibility index (Phi) is 7.60. The second-order valence-corrected chi connectivity index (χ2v) is 9.08. The van der Waals surface area contributed by atoms with Crippen LogP contribution in [0.4, 0.5) is 9.93 Å². The molecule has 1 aliphatic carbocycles. The maximum Gasteiger partial charge on any atom is 0.321 e. The van der Waals surface area contributed by atoms with Crippen LogP contribution in [0.5, 0.6) is 0 Å². The van der Waals surface area contributed by atoms with E-state index in [-0.39, 0.29) is 30.3 Å². The smallest absolute Gasteiger partial charge is 0.321 e. The van der Waals surface area contributed by atoms with E-state index < -0.39 is 6.03 Å². The first kappa shape index (κ1) is 21.7. The van der Waals surface area contributed by atoms with Crippen LogP contribution < -0.4 is 16.0 Å². The number of carbonyl (C=O) groups excluding carboxylic acids is 3. The zero-order valence-electron chi connectivity index (χ0n) is 17.2. The number of imide groups is 1. The molecule has 2 aliphatic rings. The molecule has 1 aliphatic heterocycles. The summed E-state index contributed by atoms with van der Waals surface area (Å²) in [5.41, 5.74) is 0.896. The van der Waals surface area contributed by atoms with Gasteiger partial charge in [-0.1, -0.05) is 19.8 Å². The van der Waals surface area contributed by atoms with E-state index in [0.717, 1.165) is 25.0 Å². The standard InChI is InChI=1S/C20H31N5O3S/c1-13-5-3-4-6-16(13)22-19(28)23-17(26)11-25-9-7-15(8-10-25)18(27)24-20-21-14(2)12-29-20/h12-13,15-16H,3-11H2,1-2H3,(H,21,24,27)(H2,22,23,26,28). The van der Waals surface area contributed by atoms with Gasteiger partial charge in [0, 0.05) is 17.3 Å². The molecule has 1 saturated heterocycles. The first-order chi connectivity index (χ1) is 13.9. The molecule has 0 radical (unpaired) electrons. The Balaban J connectivity index is 1.35. The van der Waals surface area contributed by atoms with Crippen LogP contribution in [-0.2, 0) is 9.59 Å². The van der Waals surface area contributed by atoms with Gasteiger partial charge < -0.3 is 10.6 Å². The number of thiazole rings is 1. The fourth-order valence-electron chi connectivity index (χ4n) is 4.08. The number of nitrogens with zero attached hydrogens (tertiary/aromatic N) is 2. The van der Waals surface area contributed by atoms with Gasteiger partial charge in [-0.2, -0.15) is 0 Å². The van der Waals surface area contributed by atoms with Gasteiger partial charge in [0.05, 0.1) is 12.2 Å². The Morgan fingerprint density at radius 1 is 1.17 bits per heavy atom. The van der Waals surface area contributed by atoms with Crippen molar-refractivity contribution in [3.8, 4) is 0 Å². The molecule has 29 heavy (non-hydrogen) atoms. The summed E-state index contributed by atoms with van der Waals surface area (Å²) in [6.45, 7) is 5.52. The van der Waals surface area contributed by atoms with E-state index in [2.05, 4.69) is 27.9 Å². The first-order valence-electron chi connectivity index (χ1n) is 10.5. The fraction of sp³-hybridized carbons (Fsp3) is 0.700. The van der Waals surface area contributed by atoms with Crippen molar-refractivity contribution in [1.82, 2.24) is 20.5 Å². The number of nitrogens with one attached hydrogen (secondary N) is 3. The zero-order valence-corrected chi connectivity index (χ0v) is 18.0. The minimum atomic E-state index is -0.401. The van der Waals surface area contributed by atoms with Crippen molar-refractivity contribution in [1.29, 1.82) is 0 Å². The highest BCUT2D eigenvalue weighted by Gasteiger charge is 2.27. The van der Waals surface area contributed by atoms with Crippen molar-refractivity contribution in [2.45, 2.75) is 58.4 Å². The molecule has 0 aromatic carbocycles. The molecule has 3 rings (SSSR count). The molecule has 9 heteroatoms. The third-order valence-electron chi connectivity index (χ3n) is 5.86. The number of amides is 4. The number of rotatable bonds is 5. The van der Waals surface area contributed by atoms with Crippen molar-refractivity contribution < 1.29 is 14.4 Å². The summed E-state index contributed by atoms with van der Waals surface area (Å²) in [5, 5.41) is 10.8. The molecule has 3 N–H and O–H groups in total. The topological polar surface area (TPSA) is 103 Å². The SMILES string of the molecule is Cc1csc(NC(=O)C2CCN(CC(=O)NC(=O)NC3CCCCC3C)CC2)n1. The lowest BCUT2D eigenvalue weighted by molar-refractivity contribution is -0.122. The van der Waals surface area contributed by atoms with E-state index in [1.165, 1.54) is 17.8 Å². The number of hydrogen-bond donors (Lipinski definition) is 3. The molecule has 2 atom stereocenters. The van der Waals surface area contributed by atoms with Gasteiger partial charge in [0.15, 0.2) is 5.13 Å². The Morgan fingerprint density at radius 3 is 2.55 bits per heavy atom. The number of hydrogen-bond acceptors (Lipinski definition) is 6. The summed E-state index contributed by atoms with van der Waals surface area (Å²) < 4.78 is 0. The Labute approximate surface area is 175 Å². The molecule has 4 amide bonds. The van der Waals surface area contributed by atoms with Crippen LogP contribution >= 0.6 is 11.3 Å². The minimum absolute atomic E-state index is 0.00979. The van der Waals surface area contributed by atoms with Crippen LogP contribution in [-0.4, -0.2) is 53.4 Å². The maximum atomic E-state index is 12.4. The summed E-state index contributed by atoms with van der Waals surface area (Å²) in [7, 11) is 0. The molecule has 1 aromatic heterocycles. The number of likely N-dealkylation sites (tertiary alicyclic amines) is 1. The van der Waals surface area contributed by atoms with Crippen molar-refractivity contribution in [2.24, 2.45) is 11.8 Å². The van der Waals surface area contributed by atoms with E-state index in [4.69, 9.17) is 0 Å². The third-order valence-corrected chi connectivity index (χ3v) is 6.73. The van der Waals surface area contributed by atoms with Crippen molar-refractivity contribution in [3.63, 3.8) is 0 Å². The molecule has 2 heterocycles. The van der Waals surface area contributed by atoms with Gasteiger partial charge in [-0.3, -0.25) is 19.8 Å². The molecule has 2 unspecified atom stereocenters. The summed E-state index contributed by atoms with van der Waals surface area (Å²) in [5.74, 6) is 0.0641. The summed E-state index contributed by atoms with van der Waals surface area (Å²) >= 11 is 1.42. The number of carbonyl (C=O) groups is 3. The number of urea groups is 1. The second kappa shape index (κ2) is 10.2. The largest absolute Gasteiger partial charge is 0.335 e. The van der Waals surface area contributed by atoms with E-state index in [0.29, 0.717) is 37.0 Å². The van der Waals surface area contributed by atoms with Gasteiger partial charge in [-0.25, -0.2) is 9.78 Å². The van der Waals surface area contributed by atoms with E-state index in [1.807, 2.05) is 17.2 Å². The molecule has 2 fully saturated rings. The fourth-order valence-corrected chi connectivity index (χ4v) is 4.77. The average Bonchev–Trinajstić information content (AvgIpc) is 3.08. The summed E-state index contributed by atoms with van der Waals surface area (Å²) in [4.78, 5) is 42.9. The number of aromatic nitrogens is 1. The quantitative estimate of drug-likeness (QED) is 0.678. The van der Waals surface area contributed by atoms with E-state index in [1.54, 1.807) is 0 Å². The van der Waals surface area contributed by atoms with Gasteiger partial charge in [-0.15, -0.1) is 11.3 Å². The van der Waals surface area contributed by atoms with E-state index >= 15 is 0 Å². The van der Waals surface area contributed by atoms with Gasteiger partial charge >= 0.3 is 6.03 Å². The van der Waals surface area contributed by atoms with Crippen LogP contribution in [0.15, 0.2) is 5.38 Å². The van der Waals surface area contributed by atoms with Crippen LogP contribution in [0.25, 0.3) is 0 Å². The highest BCUT2D eigenvalue weighted by Crippen LogP contribution is 2.24. The monoisotopic (exact) mass is 421 g/mol. The number of piperidine rings is 1. The van der Waals surface area contributed by atoms with Crippen LogP contribution in [0.1, 0.15) is 51.1 Å². The first-order valence-corrected chi connectivity index (χ1v) is 11.3. The van der Waals surface area contributed by atoms with Crippen LogP contribution in [0.3, 0.4) is 0 Å². The lowest BCUT2D eigenvalue weighted by atomic mass is 9.86. The molecule has 160 valence electrons. The van der Waals surface area contributed by atoms with Crippen molar-refractivity contribution in [2.75, 3.05) is 25.0 Å². The van der Waals surface area contributed by atoms with Gasteiger partial charge in [0.25, 0.3) is 0 Å². The zero-order chi connectivity index (χ0) is 20.8. The normalized spacial score (nSPS) is 23.4. The van der Waals surface area contributed by atoms with Crippen LogP contribution in [0, 0.1) is 18.8 Å². The second-order valence-electron chi connectivity index (χ2n) is 8.22. The lowest BCUT2D eigenvalue weighted by Crippen LogP contribution is -2.50. The van der Waals surface area contributed by atoms with Crippen molar-refractivity contribution >= 4 is 34.3 Å². The molecule has 8 nitrogen and oxygen atoms in total. The van der Waals surface area contributed by atoms with Gasteiger partial charge in [0.1, 0.15) is 0 Å². The molecule has 0 bridgehead atoms. The highest BCUT2D eigenvalue weighted by atomic mass is 32.1. The van der Waals surface area contributed by atoms with Crippen molar-refractivity contribution in [3.05, 3.63) is 11.1 Å². The highest BCUT2D eigenvalue weighted by molar-refractivity contribution is 7.13. The van der Waals surface area contributed by atoms with E-state index in [9.17, 15) is 14.4 Å². The molecular formula is C20H31N5O3S. The molecule has 0 spiro atoms. The molecular weight excluding hydrogens is 390 g/mol. The maximum absolute atomic E-state index is 12.4. The van der Waals surface area contributed by atoms with Gasteiger partial charge in [-0.05, 0) is 51.6 Å². The number of aryl methyl sites for hydroxylation is 1. The number of anilines is 1. The predicted molar refractivity (Wildman–Crippen MR) is 113 cm³/mol. The summed E-state index contributed by atoms with van der Waals surface area (Å²) in [6.07, 6.45) is 5.79. The average molecular weight is 422 g/mol. The Hall–Kier alpha value is -2.00. The molecule has 1 saturated carbocycles. The van der Waals surface area contributed by atoms with Gasteiger partial charge in [0.2, 0.25) is 11.8 Å². The predicted octanol–water partition coefficient (Wildman–Crippen LogP) is 2.51. The Morgan fingerprint density at radius 2 is 1.90 bits per heavy atom. The van der Waals surface area contributed by atoms with Crippen LogP contribution in [0.2, 0.25) is 0 Å². The summed E-state index contributed by atoms with van der Waals surface area (Å²) in [6, 6.07) is -0.255. The Bertz CT molecular complexity index is 729. The third kappa shape index (κ3) is 6.50.